The largest absolute Gasteiger partial charge is 0.573 e. The van der Waals surface area contributed by atoms with Crippen molar-refractivity contribution in [1.82, 2.24) is 9.97 Å². The SMILES string of the molecule is CC[C@@H](C)Nc1nc(C(C)C)cc(N2CCc3ccc(OC(F)(F)F)cc3C2)n1. The zero-order valence-corrected chi connectivity index (χ0v) is 17.2. The van der Waals surface area contributed by atoms with E-state index in [4.69, 9.17) is 0 Å². The Morgan fingerprint density at radius 1 is 1.14 bits per heavy atom. The summed E-state index contributed by atoms with van der Waals surface area (Å²) < 4.78 is 41.7. The lowest BCUT2D eigenvalue weighted by Gasteiger charge is -2.31. The minimum Gasteiger partial charge on any atom is -0.406 e. The highest BCUT2D eigenvalue weighted by atomic mass is 19.4. The minimum absolute atomic E-state index is 0.192. The summed E-state index contributed by atoms with van der Waals surface area (Å²) in [6.45, 7) is 9.53. The molecule has 1 N–H and O–H groups in total. The zero-order chi connectivity index (χ0) is 21.2. The van der Waals surface area contributed by atoms with Crippen molar-refractivity contribution in [2.24, 2.45) is 0 Å². The molecule has 3 rings (SSSR count). The van der Waals surface area contributed by atoms with Gasteiger partial charge >= 0.3 is 6.36 Å². The maximum atomic E-state index is 12.6. The predicted molar refractivity (Wildman–Crippen MR) is 107 cm³/mol. The van der Waals surface area contributed by atoms with Crippen LogP contribution in [0.3, 0.4) is 0 Å². The number of hydrogen-bond donors (Lipinski definition) is 1. The van der Waals surface area contributed by atoms with Gasteiger partial charge in [-0.25, -0.2) is 4.98 Å². The third kappa shape index (κ3) is 5.52. The van der Waals surface area contributed by atoms with E-state index in [0.717, 1.165) is 42.0 Å². The van der Waals surface area contributed by atoms with Crippen molar-refractivity contribution < 1.29 is 17.9 Å². The number of anilines is 2. The molecule has 8 heteroatoms. The van der Waals surface area contributed by atoms with Crippen molar-refractivity contribution in [2.45, 2.75) is 65.4 Å². The Bertz CT molecular complexity index is 854. The highest BCUT2D eigenvalue weighted by Gasteiger charge is 2.31. The Hall–Kier alpha value is -2.51. The van der Waals surface area contributed by atoms with Crippen LogP contribution in [-0.2, 0) is 13.0 Å². The first-order chi connectivity index (χ1) is 13.6. The Morgan fingerprint density at radius 2 is 1.90 bits per heavy atom. The van der Waals surface area contributed by atoms with Gasteiger partial charge in [-0.05, 0) is 48.9 Å². The summed E-state index contributed by atoms with van der Waals surface area (Å²) in [5.41, 5.74) is 2.78. The van der Waals surface area contributed by atoms with Crippen LogP contribution in [0.2, 0.25) is 0 Å². The van der Waals surface area contributed by atoms with E-state index in [2.05, 4.69) is 52.6 Å². The topological polar surface area (TPSA) is 50.3 Å². The number of halogens is 3. The standard InChI is InChI=1S/C21H27F3N4O/c1-5-14(4)25-20-26-18(13(2)3)11-19(27-20)28-9-8-15-6-7-17(10-16(15)12-28)29-21(22,23)24/h6-7,10-11,13-14H,5,8-9,12H2,1-4H3,(H,25,26,27)/t14-/m1/s1. The van der Waals surface area contributed by atoms with Crippen LogP contribution in [0.1, 0.15) is 56.9 Å². The molecule has 0 spiro atoms. The van der Waals surface area contributed by atoms with Crippen LogP contribution in [0, 0.1) is 0 Å². The number of fused-ring (bicyclic) bond motifs is 1. The van der Waals surface area contributed by atoms with Crippen LogP contribution < -0.4 is 15.0 Å². The fraction of sp³-hybridized carbons (Fsp3) is 0.524. The molecule has 1 atom stereocenters. The lowest BCUT2D eigenvalue weighted by molar-refractivity contribution is -0.274. The first-order valence-electron chi connectivity index (χ1n) is 9.92. The smallest absolute Gasteiger partial charge is 0.406 e. The number of rotatable bonds is 6. The molecule has 1 aromatic carbocycles. The Labute approximate surface area is 169 Å². The van der Waals surface area contributed by atoms with Crippen molar-refractivity contribution in [2.75, 3.05) is 16.8 Å². The second-order valence-corrected chi connectivity index (χ2v) is 7.73. The predicted octanol–water partition coefficient (Wildman–Crippen LogP) is 5.27. The highest BCUT2D eigenvalue weighted by molar-refractivity contribution is 5.50. The van der Waals surface area contributed by atoms with Gasteiger partial charge in [-0.2, -0.15) is 4.98 Å². The molecule has 158 valence electrons. The molecule has 1 aromatic heterocycles. The summed E-state index contributed by atoms with van der Waals surface area (Å²) in [6.07, 6.45) is -3.02. The van der Waals surface area contributed by atoms with Gasteiger partial charge in [0.05, 0.1) is 5.69 Å². The third-order valence-corrected chi connectivity index (χ3v) is 5.06. The van der Waals surface area contributed by atoms with Gasteiger partial charge in [0, 0.05) is 25.2 Å². The molecule has 2 aromatic rings. The summed E-state index contributed by atoms with van der Waals surface area (Å²) in [7, 11) is 0. The maximum Gasteiger partial charge on any atom is 0.573 e. The molecule has 0 bridgehead atoms. The van der Waals surface area contributed by atoms with Gasteiger partial charge in [0.15, 0.2) is 0 Å². The second kappa shape index (κ2) is 8.47. The van der Waals surface area contributed by atoms with Gasteiger partial charge in [0.1, 0.15) is 11.6 Å². The molecule has 0 unspecified atom stereocenters. The first-order valence-corrected chi connectivity index (χ1v) is 9.92. The molecular formula is C21H27F3N4O. The molecule has 0 saturated heterocycles. The van der Waals surface area contributed by atoms with Crippen LogP contribution in [0.5, 0.6) is 5.75 Å². The number of ether oxygens (including phenoxy) is 1. The molecule has 0 amide bonds. The van der Waals surface area contributed by atoms with Gasteiger partial charge in [-0.3, -0.25) is 0 Å². The van der Waals surface area contributed by atoms with Crippen LogP contribution in [0.4, 0.5) is 24.9 Å². The van der Waals surface area contributed by atoms with Crippen molar-refractivity contribution in [3.8, 4) is 5.75 Å². The lowest BCUT2D eigenvalue weighted by atomic mass is 9.99. The molecule has 0 saturated carbocycles. The lowest BCUT2D eigenvalue weighted by Crippen LogP contribution is -2.32. The van der Waals surface area contributed by atoms with Crippen molar-refractivity contribution >= 4 is 11.8 Å². The van der Waals surface area contributed by atoms with Crippen molar-refractivity contribution in [3.05, 3.63) is 41.1 Å². The van der Waals surface area contributed by atoms with Crippen molar-refractivity contribution in [3.63, 3.8) is 0 Å². The molecule has 0 radical (unpaired) electrons. The summed E-state index contributed by atoms with van der Waals surface area (Å²) in [5.74, 6) is 1.41. The Balaban J connectivity index is 1.87. The average molecular weight is 408 g/mol. The highest BCUT2D eigenvalue weighted by Crippen LogP contribution is 2.30. The van der Waals surface area contributed by atoms with E-state index >= 15 is 0 Å². The van der Waals surface area contributed by atoms with Crippen LogP contribution in [0.25, 0.3) is 0 Å². The number of alkyl halides is 3. The van der Waals surface area contributed by atoms with E-state index < -0.39 is 6.36 Å². The third-order valence-electron chi connectivity index (χ3n) is 5.06. The molecular weight excluding hydrogens is 381 g/mol. The zero-order valence-electron chi connectivity index (χ0n) is 17.2. The molecule has 0 aliphatic carbocycles. The van der Waals surface area contributed by atoms with Gasteiger partial charge in [-0.1, -0.05) is 26.8 Å². The summed E-state index contributed by atoms with van der Waals surface area (Å²) in [4.78, 5) is 11.4. The number of nitrogens with zero attached hydrogens (tertiary/aromatic N) is 3. The fourth-order valence-corrected chi connectivity index (χ4v) is 3.22. The van der Waals surface area contributed by atoms with Gasteiger partial charge < -0.3 is 15.0 Å². The van der Waals surface area contributed by atoms with Gasteiger partial charge in [0.25, 0.3) is 0 Å². The molecule has 1 aliphatic heterocycles. The fourth-order valence-electron chi connectivity index (χ4n) is 3.22. The molecule has 29 heavy (non-hydrogen) atoms. The van der Waals surface area contributed by atoms with E-state index in [1.54, 1.807) is 6.07 Å². The molecule has 2 heterocycles. The Kier molecular flexibility index (Phi) is 6.19. The summed E-state index contributed by atoms with van der Waals surface area (Å²) in [5, 5.41) is 3.33. The van der Waals surface area contributed by atoms with Crippen LogP contribution >= 0.6 is 0 Å². The molecule has 5 nitrogen and oxygen atoms in total. The van der Waals surface area contributed by atoms with Gasteiger partial charge in [-0.15, -0.1) is 13.2 Å². The number of aromatic nitrogens is 2. The average Bonchev–Trinajstić information content (AvgIpc) is 2.65. The normalized spacial score (nSPS) is 15.2. The number of nitrogens with one attached hydrogen (secondary N) is 1. The quantitative estimate of drug-likeness (QED) is 0.706. The molecule has 0 fully saturated rings. The summed E-state index contributed by atoms with van der Waals surface area (Å²) >= 11 is 0. The summed E-state index contributed by atoms with van der Waals surface area (Å²) in [6, 6.07) is 6.76. The maximum absolute atomic E-state index is 12.6. The Morgan fingerprint density at radius 3 is 2.55 bits per heavy atom. The van der Waals surface area contributed by atoms with E-state index in [1.165, 1.54) is 12.1 Å². The number of hydrogen-bond acceptors (Lipinski definition) is 5. The van der Waals surface area contributed by atoms with E-state index in [9.17, 15) is 13.2 Å². The van der Waals surface area contributed by atoms with Gasteiger partial charge in [0.2, 0.25) is 5.95 Å². The number of benzene rings is 1. The van der Waals surface area contributed by atoms with Crippen LogP contribution in [-0.4, -0.2) is 28.9 Å². The second-order valence-electron chi connectivity index (χ2n) is 7.73. The first kappa shape index (κ1) is 21.2. The van der Waals surface area contributed by atoms with E-state index in [-0.39, 0.29) is 17.7 Å². The molecule has 1 aliphatic rings. The monoisotopic (exact) mass is 408 g/mol. The van der Waals surface area contributed by atoms with E-state index in [1.807, 2.05) is 6.07 Å². The van der Waals surface area contributed by atoms with Crippen molar-refractivity contribution in [1.29, 1.82) is 0 Å². The van der Waals surface area contributed by atoms with Crippen LogP contribution in [0.15, 0.2) is 24.3 Å². The minimum atomic E-state index is -4.70. The van der Waals surface area contributed by atoms with E-state index in [0.29, 0.717) is 12.5 Å².